The summed E-state index contributed by atoms with van der Waals surface area (Å²) < 4.78 is 34.3. The topological polar surface area (TPSA) is 96.7 Å². The number of likely N-dealkylation sites (tertiary alicyclic amines) is 1. The van der Waals surface area contributed by atoms with Gasteiger partial charge in [-0.15, -0.1) is 10.2 Å². The van der Waals surface area contributed by atoms with E-state index in [4.69, 9.17) is 4.74 Å². The molecule has 0 aliphatic carbocycles. The fourth-order valence-corrected chi connectivity index (χ4v) is 4.18. The van der Waals surface area contributed by atoms with Crippen LogP contribution in [0.4, 0.5) is 19.3 Å². The van der Waals surface area contributed by atoms with Gasteiger partial charge in [-0.1, -0.05) is 0 Å². The summed E-state index contributed by atoms with van der Waals surface area (Å²) in [6.45, 7) is 1.56. The summed E-state index contributed by atoms with van der Waals surface area (Å²) in [5.74, 6) is -1.16. The van der Waals surface area contributed by atoms with Crippen molar-refractivity contribution < 1.29 is 23.1 Å². The average molecular weight is 483 g/mol. The van der Waals surface area contributed by atoms with Gasteiger partial charge in [0.25, 0.3) is 0 Å². The highest BCUT2D eigenvalue weighted by Crippen LogP contribution is 2.23. The SMILES string of the molecule is O=C(CN1CCN(c2ccc(F)c(F)c2)C1=O)N1CCC(Oc2ccc(-n3cccn3)nn2)CC1. The van der Waals surface area contributed by atoms with Crippen LogP contribution in [0.5, 0.6) is 5.88 Å². The highest BCUT2D eigenvalue weighted by molar-refractivity contribution is 5.96. The van der Waals surface area contributed by atoms with E-state index in [1.807, 2.05) is 0 Å². The van der Waals surface area contributed by atoms with E-state index in [0.717, 1.165) is 12.1 Å². The van der Waals surface area contributed by atoms with E-state index in [9.17, 15) is 18.4 Å². The van der Waals surface area contributed by atoms with Crippen LogP contribution in [0.15, 0.2) is 48.8 Å². The van der Waals surface area contributed by atoms with Gasteiger partial charge in [0.1, 0.15) is 12.6 Å². The van der Waals surface area contributed by atoms with Crippen molar-refractivity contribution in [2.24, 2.45) is 0 Å². The number of anilines is 1. The number of nitrogens with zero attached hydrogens (tertiary/aromatic N) is 7. The molecule has 0 spiro atoms. The van der Waals surface area contributed by atoms with E-state index in [2.05, 4.69) is 15.3 Å². The number of benzene rings is 1. The number of hydrogen-bond acceptors (Lipinski definition) is 6. The minimum Gasteiger partial charge on any atom is -0.473 e. The van der Waals surface area contributed by atoms with Gasteiger partial charge in [-0.3, -0.25) is 9.69 Å². The summed E-state index contributed by atoms with van der Waals surface area (Å²) in [5, 5.41) is 12.3. The smallest absolute Gasteiger partial charge is 0.325 e. The average Bonchev–Trinajstić information content (AvgIpc) is 3.53. The van der Waals surface area contributed by atoms with Crippen LogP contribution in [0, 0.1) is 11.6 Å². The third-order valence-electron chi connectivity index (χ3n) is 6.08. The zero-order valence-corrected chi connectivity index (χ0v) is 18.8. The van der Waals surface area contributed by atoms with E-state index in [0.29, 0.717) is 50.7 Å². The molecule has 182 valence electrons. The van der Waals surface area contributed by atoms with E-state index in [1.54, 1.807) is 40.2 Å². The molecule has 0 radical (unpaired) electrons. The number of piperidine rings is 1. The summed E-state index contributed by atoms with van der Waals surface area (Å²) in [5.41, 5.74) is 0.266. The fraction of sp³-hybridized carbons (Fsp3) is 0.348. The van der Waals surface area contributed by atoms with Crippen molar-refractivity contribution in [1.82, 2.24) is 29.8 Å². The summed E-state index contributed by atoms with van der Waals surface area (Å²) in [4.78, 5) is 30.0. The first kappa shape index (κ1) is 22.7. The van der Waals surface area contributed by atoms with Crippen LogP contribution in [0.2, 0.25) is 0 Å². The van der Waals surface area contributed by atoms with Crippen LogP contribution in [-0.4, -0.2) is 80.5 Å². The van der Waals surface area contributed by atoms with Crippen LogP contribution >= 0.6 is 0 Å². The minimum absolute atomic E-state index is 0.0646. The van der Waals surface area contributed by atoms with E-state index in [1.165, 1.54) is 15.9 Å². The Labute approximate surface area is 199 Å². The molecule has 2 fully saturated rings. The monoisotopic (exact) mass is 483 g/mol. The number of ether oxygens (including phenoxy) is 1. The maximum atomic E-state index is 13.5. The van der Waals surface area contributed by atoms with Gasteiger partial charge in [0.2, 0.25) is 11.8 Å². The Morgan fingerprint density at radius 3 is 2.54 bits per heavy atom. The quantitative estimate of drug-likeness (QED) is 0.534. The van der Waals surface area contributed by atoms with Crippen LogP contribution in [0.25, 0.3) is 5.82 Å². The Balaban J connectivity index is 1.10. The van der Waals surface area contributed by atoms with Gasteiger partial charge in [0.05, 0.1) is 0 Å². The molecule has 4 heterocycles. The molecule has 5 rings (SSSR count). The first-order valence-electron chi connectivity index (χ1n) is 11.3. The van der Waals surface area contributed by atoms with Gasteiger partial charge >= 0.3 is 6.03 Å². The molecule has 3 aromatic rings. The molecule has 2 aliphatic heterocycles. The zero-order chi connectivity index (χ0) is 24.4. The molecular weight excluding hydrogens is 460 g/mol. The van der Waals surface area contributed by atoms with Crippen molar-refractivity contribution in [2.45, 2.75) is 18.9 Å². The summed E-state index contributed by atoms with van der Waals surface area (Å²) in [6, 6.07) is 8.21. The molecule has 12 heteroatoms. The van der Waals surface area contributed by atoms with Gasteiger partial charge < -0.3 is 14.5 Å². The maximum absolute atomic E-state index is 13.5. The van der Waals surface area contributed by atoms with Crippen molar-refractivity contribution in [1.29, 1.82) is 0 Å². The van der Waals surface area contributed by atoms with E-state index in [-0.39, 0.29) is 24.2 Å². The molecule has 0 saturated carbocycles. The number of hydrogen-bond donors (Lipinski definition) is 0. The van der Waals surface area contributed by atoms with Gasteiger partial charge in [-0.2, -0.15) is 5.10 Å². The lowest BCUT2D eigenvalue weighted by Crippen LogP contribution is -2.47. The van der Waals surface area contributed by atoms with Crippen LogP contribution < -0.4 is 9.64 Å². The number of amides is 3. The molecule has 3 amide bonds. The Morgan fingerprint density at radius 2 is 1.86 bits per heavy atom. The number of carbonyl (C=O) groups excluding carboxylic acids is 2. The molecule has 10 nitrogen and oxygen atoms in total. The van der Waals surface area contributed by atoms with Crippen molar-refractivity contribution >= 4 is 17.6 Å². The number of rotatable bonds is 6. The number of halogens is 2. The summed E-state index contributed by atoms with van der Waals surface area (Å²) in [7, 11) is 0. The first-order chi connectivity index (χ1) is 17.0. The van der Waals surface area contributed by atoms with E-state index < -0.39 is 17.7 Å². The second-order valence-electron chi connectivity index (χ2n) is 8.33. The Hall–Kier alpha value is -4.09. The van der Waals surface area contributed by atoms with Crippen LogP contribution in [0.1, 0.15) is 12.8 Å². The van der Waals surface area contributed by atoms with Gasteiger partial charge in [-0.05, 0) is 24.3 Å². The minimum atomic E-state index is -1.02. The van der Waals surface area contributed by atoms with Crippen molar-refractivity contribution in [3.8, 4) is 11.7 Å². The Bertz CT molecular complexity index is 1200. The standard InChI is InChI=1S/C23H23F2N7O3/c24-18-3-2-16(14-19(18)25)31-13-12-30(23(31)34)15-22(33)29-10-6-17(7-11-29)35-21-5-4-20(27-28-21)32-9-1-8-26-32/h1-5,8-9,14,17H,6-7,10-13,15H2. The van der Waals surface area contributed by atoms with Crippen molar-refractivity contribution in [3.05, 3.63) is 60.4 Å². The van der Waals surface area contributed by atoms with Crippen molar-refractivity contribution in [2.75, 3.05) is 37.6 Å². The lowest BCUT2D eigenvalue weighted by molar-refractivity contribution is -0.133. The molecule has 0 bridgehead atoms. The van der Waals surface area contributed by atoms with Gasteiger partial charge in [-0.25, -0.2) is 18.3 Å². The summed E-state index contributed by atoms with van der Waals surface area (Å²) in [6.07, 6.45) is 4.59. The summed E-state index contributed by atoms with van der Waals surface area (Å²) >= 11 is 0. The van der Waals surface area contributed by atoms with Crippen LogP contribution in [0.3, 0.4) is 0 Å². The second kappa shape index (κ2) is 9.65. The molecular formula is C23H23F2N7O3. The highest BCUT2D eigenvalue weighted by atomic mass is 19.2. The molecule has 0 N–H and O–H groups in total. The molecule has 1 aromatic carbocycles. The number of aromatic nitrogens is 4. The predicted octanol–water partition coefficient (Wildman–Crippen LogP) is 2.25. The van der Waals surface area contributed by atoms with E-state index >= 15 is 0 Å². The predicted molar refractivity (Wildman–Crippen MR) is 120 cm³/mol. The van der Waals surface area contributed by atoms with Crippen LogP contribution in [-0.2, 0) is 4.79 Å². The molecule has 35 heavy (non-hydrogen) atoms. The normalized spacial score (nSPS) is 16.7. The van der Waals surface area contributed by atoms with Crippen molar-refractivity contribution in [3.63, 3.8) is 0 Å². The first-order valence-corrected chi connectivity index (χ1v) is 11.3. The highest BCUT2D eigenvalue weighted by Gasteiger charge is 2.33. The molecule has 2 aliphatic rings. The number of carbonyl (C=O) groups is 2. The third-order valence-corrected chi connectivity index (χ3v) is 6.08. The van der Waals surface area contributed by atoms with Gasteiger partial charge in [0, 0.05) is 69.2 Å². The largest absolute Gasteiger partial charge is 0.473 e. The Kier molecular flexibility index (Phi) is 6.25. The lowest BCUT2D eigenvalue weighted by atomic mass is 10.1. The Morgan fingerprint density at radius 1 is 1.03 bits per heavy atom. The van der Waals surface area contributed by atoms with Gasteiger partial charge in [0.15, 0.2) is 17.5 Å². The molecule has 2 aromatic heterocycles. The fourth-order valence-electron chi connectivity index (χ4n) is 4.18. The molecule has 0 unspecified atom stereocenters. The molecule has 0 atom stereocenters. The zero-order valence-electron chi connectivity index (χ0n) is 18.8. The second-order valence-corrected chi connectivity index (χ2v) is 8.33. The maximum Gasteiger partial charge on any atom is 0.325 e. The number of urea groups is 1. The molecule has 2 saturated heterocycles. The third kappa shape index (κ3) is 4.91. The lowest BCUT2D eigenvalue weighted by Gasteiger charge is -2.32.